The first-order valence-electron chi connectivity index (χ1n) is 9.86. The van der Waals surface area contributed by atoms with Gasteiger partial charge in [0.25, 0.3) is 5.91 Å². The highest BCUT2D eigenvalue weighted by atomic mass is 16.3. The molecule has 0 aliphatic heterocycles. The number of carbonyl (C=O) groups excluding carboxylic acids is 2. The van der Waals surface area contributed by atoms with Crippen molar-refractivity contribution in [1.82, 2.24) is 14.8 Å². The van der Waals surface area contributed by atoms with Gasteiger partial charge < -0.3 is 14.2 Å². The van der Waals surface area contributed by atoms with Gasteiger partial charge in [-0.25, -0.2) is 0 Å². The summed E-state index contributed by atoms with van der Waals surface area (Å²) in [5.41, 5.74) is 1.45. The Labute approximate surface area is 171 Å². The van der Waals surface area contributed by atoms with Crippen molar-refractivity contribution in [2.75, 3.05) is 19.6 Å². The average Bonchev–Trinajstić information content (AvgIpc) is 3.06. The van der Waals surface area contributed by atoms with Crippen molar-refractivity contribution in [1.29, 1.82) is 5.26 Å². The Morgan fingerprint density at radius 1 is 1.21 bits per heavy atom. The van der Waals surface area contributed by atoms with Crippen LogP contribution < -0.4 is 0 Å². The van der Waals surface area contributed by atoms with Gasteiger partial charge in [-0.1, -0.05) is 13.0 Å². The first kappa shape index (κ1) is 22.2. The minimum absolute atomic E-state index is 0.0851. The van der Waals surface area contributed by atoms with Crippen molar-refractivity contribution in [3.63, 3.8) is 0 Å². The van der Waals surface area contributed by atoms with Crippen LogP contribution in [0.3, 0.4) is 0 Å². The molecule has 0 bridgehead atoms. The Balaban J connectivity index is 2.05. The highest BCUT2D eigenvalue weighted by Crippen LogP contribution is 2.17. The van der Waals surface area contributed by atoms with Gasteiger partial charge in [0.2, 0.25) is 5.91 Å². The molecule has 2 heterocycles. The number of pyridine rings is 1. The number of carbonyl (C=O) groups is 2. The summed E-state index contributed by atoms with van der Waals surface area (Å²) in [5.74, 6) is 1.08. The van der Waals surface area contributed by atoms with Gasteiger partial charge in [0.1, 0.15) is 11.5 Å². The van der Waals surface area contributed by atoms with Crippen LogP contribution in [0.2, 0.25) is 0 Å². The van der Waals surface area contributed by atoms with E-state index in [2.05, 4.69) is 11.1 Å². The summed E-state index contributed by atoms with van der Waals surface area (Å²) in [6.07, 6.45) is 4.65. The zero-order valence-electron chi connectivity index (χ0n) is 17.4. The maximum absolute atomic E-state index is 12.9. The van der Waals surface area contributed by atoms with Crippen LogP contribution in [0, 0.1) is 25.2 Å². The fraction of sp³-hybridized carbons (Fsp3) is 0.455. The Hall–Kier alpha value is -3.14. The number of furan rings is 1. The van der Waals surface area contributed by atoms with Crippen molar-refractivity contribution < 1.29 is 14.0 Å². The highest BCUT2D eigenvalue weighted by molar-refractivity contribution is 5.95. The van der Waals surface area contributed by atoms with Gasteiger partial charge in [-0.3, -0.25) is 14.6 Å². The molecule has 7 heteroatoms. The van der Waals surface area contributed by atoms with E-state index in [4.69, 9.17) is 9.68 Å². The van der Waals surface area contributed by atoms with Crippen LogP contribution in [0.15, 0.2) is 35.0 Å². The van der Waals surface area contributed by atoms with E-state index in [0.717, 1.165) is 12.0 Å². The molecule has 0 atom stereocenters. The molecule has 0 unspecified atom stereocenters. The lowest BCUT2D eigenvalue weighted by Gasteiger charge is -2.25. The number of hydrogen-bond acceptors (Lipinski definition) is 5. The minimum Gasteiger partial charge on any atom is -0.466 e. The Bertz CT molecular complexity index is 855. The molecule has 0 saturated heterocycles. The van der Waals surface area contributed by atoms with E-state index in [1.54, 1.807) is 35.2 Å². The van der Waals surface area contributed by atoms with Crippen LogP contribution >= 0.6 is 0 Å². The van der Waals surface area contributed by atoms with Gasteiger partial charge in [0.15, 0.2) is 0 Å². The molecule has 2 aromatic rings. The van der Waals surface area contributed by atoms with Crippen molar-refractivity contribution in [3.8, 4) is 6.07 Å². The molecule has 0 aliphatic rings. The standard InChI is InChI=1S/C22H28N4O3/c1-4-11-25(22(28)20-14-17(2)29-18(20)3)13-8-21(27)26(12-6-9-23)16-19-7-5-10-24-15-19/h5,7,10,14-15H,4,6,8,11-13,16H2,1-3H3. The molecular weight excluding hydrogens is 368 g/mol. The topological polar surface area (TPSA) is 90.4 Å². The fourth-order valence-corrected chi connectivity index (χ4v) is 3.18. The summed E-state index contributed by atoms with van der Waals surface area (Å²) in [4.78, 5) is 33.2. The predicted molar refractivity (Wildman–Crippen MR) is 109 cm³/mol. The summed E-state index contributed by atoms with van der Waals surface area (Å²) in [6, 6.07) is 7.55. The maximum Gasteiger partial charge on any atom is 0.257 e. The summed E-state index contributed by atoms with van der Waals surface area (Å²) in [7, 11) is 0. The van der Waals surface area contributed by atoms with Gasteiger partial charge in [0.05, 0.1) is 18.1 Å². The third kappa shape index (κ3) is 6.46. The molecule has 2 aromatic heterocycles. The third-order valence-electron chi connectivity index (χ3n) is 4.59. The predicted octanol–water partition coefficient (Wildman–Crippen LogP) is 3.48. The largest absolute Gasteiger partial charge is 0.466 e. The Kier molecular flexibility index (Phi) is 8.41. The van der Waals surface area contributed by atoms with Crippen LogP contribution in [-0.2, 0) is 11.3 Å². The normalized spacial score (nSPS) is 10.4. The molecule has 0 fully saturated rings. The van der Waals surface area contributed by atoms with Crippen molar-refractivity contribution in [2.45, 2.75) is 46.6 Å². The van der Waals surface area contributed by atoms with Gasteiger partial charge in [-0.05, 0) is 38.0 Å². The first-order chi connectivity index (χ1) is 14.0. The molecule has 0 saturated carbocycles. The number of nitrogens with zero attached hydrogens (tertiary/aromatic N) is 4. The van der Waals surface area contributed by atoms with Crippen molar-refractivity contribution in [3.05, 3.63) is 53.2 Å². The highest BCUT2D eigenvalue weighted by Gasteiger charge is 2.22. The quantitative estimate of drug-likeness (QED) is 0.613. The number of hydrogen-bond donors (Lipinski definition) is 0. The van der Waals surface area contributed by atoms with E-state index in [0.29, 0.717) is 43.3 Å². The number of aryl methyl sites for hydroxylation is 2. The Morgan fingerprint density at radius 3 is 2.59 bits per heavy atom. The van der Waals surface area contributed by atoms with Gasteiger partial charge in [0, 0.05) is 45.0 Å². The molecule has 154 valence electrons. The second kappa shape index (κ2) is 11.0. The lowest BCUT2D eigenvalue weighted by molar-refractivity contribution is -0.132. The van der Waals surface area contributed by atoms with Crippen LogP contribution in [0.1, 0.15) is 53.6 Å². The summed E-state index contributed by atoms with van der Waals surface area (Å²) >= 11 is 0. The molecule has 0 N–H and O–H groups in total. The molecule has 29 heavy (non-hydrogen) atoms. The average molecular weight is 396 g/mol. The van der Waals surface area contributed by atoms with E-state index in [9.17, 15) is 9.59 Å². The molecule has 0 spiro atoms. The molecular formula is C22H28N4O3. The lowest BCUT2D eigenvalue weighted by atomic mass is 10.2. The lowest BCUT2D eigenvalue weighted by Crippen LogP contribution is -2.38. The van der Waals surface area contributed by atoms with Crippen LogP contribution in [-0.4, -0.2) is 46.2 Å². The smallest absolute Gasteiger partial charge is 0.257 e. The fourth-order valence-electron chi connectivity index (χ4n) is 3.18. The zero-order valence-corrected chi connectivity index (χ0v) is 17.4. The van der Waals surface area contributed by atoms with E-state index in [1.807, 2.05) is 26.0 Å². The number of nitriles is 1. The molecule has 2 rings (SSSR count). The van der Waals surface area contributed by atoms with E-state index < -0.39 is 0 Å². The van der Waals surface area contributed by atoms with E-state index in [1.165, 1.54) is 0 Å². The number of aromatic nitrogens is 1. The second-order valence-corrected chi connectivity index (χ2v) is 6.95. The molecule has 7 nitrogen and oxygen atoms in total. The molecule has 2 amide bonds. The Morgan fingerprint density at radius 2 is 2.00 bits per heavy atom. The van der Waals surface area contributed by atoms with Gasteiger partial charge in [-0.15, -0.1) is 0 Å². The summed E-state index contributed by atoms with van der Waals surface area (Å²) in [6.45, 7) is 7.22. The van der Waals surface area contributed by atoms with Crippen LogP contribution in [0.25, 0.3) is 0 Å². The van der Waals surface area contributed by atoms with Crippen LogP contribution in [0.5, 0.6) is 0 Å². The van der Waals surface area contributed by atoms with Gasteiger partial charge >= 0.3 is 0 Å². The molecule has 0 aliphatic carbocycles. The number of amides is 2. The van der Waals surface area contributed by atoms with E-state index >= 15 is 0 Å². The second-order valence-electron chi connectivity index (χ2n) is 6.95. The minimum atomic E-state index is -0.121. The maximum atomic E-state index is 12.9. The summed E-state index contributed by atoms with van der Waals surface area (Å²) in [5, 5.41) is 8.92. The monoisotopic (exact) mass is 396 g/mol. The van der Waals surface area contributed by atoms with E-state index in [-0.39, 0.29) is 24.7 Å². The first-order valence-corrected chi connectivity index (χ1v) is 9.86. The zero-order chi connectivity index (χ0) is 21.2. The SMILES string of the molecule is CCCN(CCC(=O)N(CCC#N)Cc1cccnc1)C(=O)c1cc(C)oc1C. The van der Waals surface area contributed by atoms with Gasteiger partial charge in [-0.2, -0.15) is 5.26 Å². The molecule has 0 radical (unpaired) electrons. The number of rotatable bonds is 10. The molecule has 0 aromatic carbocycles. The summed E-state index contributed by atoms with van der Waals surface area (Å²) < 4.78 is 5.48. The third-order valence-corrected chi connectivity index (χ3v) is 4.59. The van der Waals surface area contributed by atoms with Crippen molar-refractivity contribution in [2.24, 2.45) is 0 Å². The van der Waals surface area contributed by atoms with Crippen molar-refractivity contribution >= 4 is 11.8 Å². The van der Waals surface area contributed by atoms with Crippen LogP contribution in [0.4, 0.5) is 0 Å².